The number of carbonyl (C=O) groups is 1. The molecule has 2 rings (SSSR count). The van der Waals surface area contributed by atoms with E-state index in [-0.39, 0.29) is 5.91 Å². The number of pyridine rings is 1. The predicted octanol–water partition coefficient (Wildman–Crippen LogP) is 3.74. The minimum absolute atomic E-state index is 0.192. The molecule has 0 fully saturated rings. The standard InChI is InChI=1S/C14H12BrClN2O/c1-9-7-17-6-5-10(9)8-18-14(19)11-3-2-4-12(15)13(11)16/h2-7H,8H2,1H3,(H,18,19). The van der Waals surface area contributed by atoms with Crippen molar-refractivity contribution in [1.82, 2.24) is 10.3 Å². The van der Waals surface area contributed by atoms with E-state index in [9.17, 15) is 4.79 Å². The molecular formula is C14H12BrClN2O. The number of carbonyl (C=O) groups excluding carboxylic acids is 1. The van der Waals surface area contributed by atoms with Gasteiger partial charge in [0.25, 0.3) is 5.91 Å². The Morgan fingerprint density at radius 2 is 2.21 bits per heavy atom. The van der Waals surface area contributed by atoms with Gasteiger partial charge in [0, 0.05) is 23.4 Å². The minimum Gasteiger partial charge on any atom is -0.348 e. The van der Waals surface area contributed by atoms with Gasteiger partial charge in [0.05, 0.1) is 10.6 Å². The molecule has 0 aliphatic carbocycles. The molecular weight excluding hydrogens is 328 g/mol. The lowest BCUT2D eigenvalue weighted by atomic mass is 10.1. The van der Waals surface area contributed by atoms with E-state index in [2.05, 4.69) is 26.2 Å². The van der Waals surface area contributed by atoms with Crippen molar-refractivity contribution in [3.63, 3.8) is 0 Å². The van der Waals surface area contributed by atoms with Crippen LogP contribution in [0.25, 0.3) is 0 Å². The summed E-state index contributed by atoms with van der Waals surface area (Å²) in [6.45, 7) is 2.41. The third-order valence-corrected chi connectivity index (χ3v) is 4.07. The fraction of sp³-hybridized carbons (Fsp3) is 0.143. The maximum Gasteiger partial charge on any atom is 0.253 e. The van der Waals surface area contributed by atoms with E-state index in [0.717, 1.165) is 11.1 Å². The quantitative estimate of drug-likeness (QED) is 0.925. The second-order valence-corrected chi connectivity index (χ2v) is 5.32. The highest BCUT2D eigenvalue weighted by atomic mass is 79.9. The number of nitrogens with zero attached hydrogens (tertiary/aromatic N) is 1. The summed E-state index contributed by atoms with van der Waals surface area (Å²) in [7, 11) is 0. The summed E-state index contributed by atoms with van der Waals surface area (Å²) in [6.07, 6.45) is 3.48. The Bertz CT molecular complexity index is 616. The average Bonchev–Trinajstić information content (AvgIpc) is 2.40. The second-order valence-electron chi connectivity index (χ2n) is 4.09. The van der Waals surface area contributed by atoms with E-state index < -0.39 is 0 Å². The lowest BCUT2D eigenvalue weighted by Crippen LogP contribution is -2.23. The fourth-order valence-corrected chi connectivity index (χ4v) is 2.23. The predicted molar refractivity (Wildman–Crippen MR) is 79.3 cm³/mol. The topological polar surface area (TPSA) is 42.0 Å². The van der Waals surface area contributed by atoms with Crippen LogP contribution in [-0.2, 0) is 6.54 Å². The first-order valence-electron chi connectivity index (χ1n) is 5.71. The first-order valence-corrected chi connectivity index (χ1v) is 6.88. The van der Waals surface area contributed by atoms with E-state index in [0.29, 0.717) is 21.6 Å². The zero-order valence-electron chi connectivity index (χ0n) is 10.3. The van der Waals surface area contributed by atoms with Gasteiger partial charge >= 0.3 is 0 Å². The maximum absolute atomic E-state index is 12.1. The lowest BCUT2D eigenvalue weighted by molar-refractivity contribution is 0.0951. The van der Waals surface area contributed by atoms with Gasteiger partial charge < -0.3 is 5.32 Å². The molecule has 0 atom stereocenters. The third-order valence-electron chi connectivity index (χ3n) is 2.77. The van der Waals surface area contributed by atoms with Crippen molar-refractivity contribution < 1.29 is 4.79 Å². The van der Waals surface area contributed by atoms with Crippen LogP contribution in [0.5, 0.6) is 0 Å². The van der Waals surface area contributed by atoms with E-state index in [1.54, 1.807) is 30.6 Å². The summed E-state index contributed by atoms with van der Waals surface area (Å²) in [6, 6.07) is 7.16. The summed E-state index contributed by atoms with van der Waals surface area (Å²) in [5.74, 6) is -0.192. The second kappa shape index (κ2) is 6.17. The SMILES string of the molecule is Cc1cnccc1CNC(=O)c1cccc(Br)c1Cl. The monoisotopic (exact) mass is 338 g/mol. The van der Waals surface area contributed by atoms with E-state index in [4.69, 9.17) is 11.6 Å². The van der Waals surface area contributed by atoms with Crippen LogP contribution in [0.1, 0.15) is 21.5 Å². The van der Waals surface area contributed by atoms with Gasteiger partial charge in [0.15, 0.2) is 0 Å². The Balaban J connectivity index is 2.10. The molecule has 98 valence electrons. The van der Waals surface area contributed by atoms with Gasteiger partial charge in [-0.2, -0.15) is 0 Å². The smallest absolute Gasteiger partial charge is 0.253 e. The number of nitrogens with one attached hydrogen (secondary N) is 1. The van der Waals surface area contributed by atoms with Gasteiger partial charge in [-0.15, -0.1) is 0 Å². The molecule has 0 bridgehead atoms. The first-order chi connectivity index (χ1) is 9.09. The number of benzene rings is 1. The average molecular weight is 340 g/mol. The van der Waals surface area contributed by atoms with Crippen LogP contribution in [0.3, 0.4) is 0 Å². The highest BCUT2D eigenvalue weighted by Gasteiger charge is 2.12. The Hall–Kier alpha value is -1.39. The number of rotatable bonds is 3. The van der Waals surface area contributed by atoms with Gasteiger partial charge in [0.1, 0.15) is 0 Å². The molecule has 2 aromatic rings. The summed E-state index contributed by atoms with van der Waals surface area (Å²) in [5, 5.41) is 3.27. The highest BCUT2D eigenvalue weighted by Crippen LogP contribution is 2.25. The molecule has 0 radical (unpaired) electrons. The molecule has 1 N–H and O–H groups in total. The van der Waals surface area contributed by atoms with Crippen LogP contribution in [0, 0.1) is 6.92 Å². The summed E-state index contributed by atoms with van der Waals surface area (Å²) < 4.78 is 0.710. The third kappa shape index (κ3) is 3.33. The Kier molecular flexibility index (Phi) is 4.56. The largest absolute Gasteiger partial charge is 0.348 e. The Labute approximate surface area is 125 Å². The number of aryl methyl sites for hydroxylation is 1. The Morgan fingerprint density at radius 1 is 1.42 bits per heavy atom. The van der Waals surface area contributed by atoms with Crippen LogP contribution in [0.15, 0.2) is 41.1 Å². The maximum atomic E-state index is 12.1. The number of halogens is 2. The van der Waals surface area contributed by atoms with Crippen LogP contribution in [0.2, 0.25) is 5.02 Å². The van der Waals surface area contributed by atoms with E-state index in [1.807, 2.05) is 13.0 Å². The molecule has 3 nitrogen and oxygen atoms in total. The molecule has 19 heavy (non-hydrogen) atoms. The van der Waals surface area contributed by atoms with Gasteiger partial charge in [-0.3, -0.25) is 9.78 Å². The summed E-state index contributed by atoms with van der Waals surface area (Å²) >= 11 is 9.39. The zero-order chi connectivity index (χ0) is 13.8. The van der Waals surface area contributed by atoms with Crippen molar-refractivity contribution in [2.24, 2.45) is 0 Å². The van der Waals surface area contributed by atoms with E-state index >= 15 is 0 Å². The van der Waals surface area contributed by atoms with Gasteiger partial charge in [-0.05, 0) is 52.2 Å². The van der Waals surface area contributed by atoms with Crippen molar-refractivity contribution in [3.8, 4) is 0 Å². The van der Waals surface area contributed by atoms with E-state index in [1.165, 1.54) is 0 Å². The number of hydrogen-bond donors (Lipinski definition) is 1. The van der Waals surface area contributed by atoms with Gasteiger partial charge in [-0.25, -0.2) is 0 Å². The van der Waals surface area contributed by atoms with Crippen LogP contribution >= 0.6 is 27.5 Å². The molecule has 1 aromatic carbocycles. The van der Waals surface area contributed by atoms with Gasteiger partial charge in [0.2, 0.25) is 0 Å². The molecule has 0 aliphatic rings. The van der Waals surface area contributed by atoms with Crippen LogP contribution in [-0.4, -0.2) is 10.9 Å². The molecule has 0 aliphatic heterocycles. The van der Waals surface area contributed by atoms with Crippen molar-refractivity contribution in [2.75, 3.05) is 0 Å². The lowest BCUT2D eigenvalue weighted by Gasteiger charge is -2.09. The van der Waals surface area contributed by atoms with Crippen molar-refractivity contribution >= 4 is 33.4 Å². The molecule has 5 heteroatoms. The molecule has 0 unspecified atom stereocenters. The number of hydrogen-bond acceptors (Lipinski definition) is 2. The van der Waals surface area contributed by atoms with Crippen LogP contribution in [0.4, 0.5) is 0 Å². The molecule has 0 spiro atoms. The summed E-state index contributed by atoms with van der Waals surface area (Å²) in [4.78, 5) is 16.1. The fourth-order valence-electron chi connectivity index (χ4n) is 1.65. The zero-order valence-corrected chi connectivity index (χ0v) is 12.6. The first kappa shape index (κ1) is 14.0. The van der Waals surface area contributed by atoms with Crippen molar-refractivity contribution in [3.05, 3.63) is 62.8 Å². The van der Waals surface area contributed by atoms with Crippen LogP contribution < -0.4 is 5.32 Å². The number of amides is 1. The van der Waals surface area contributed by atoms with Crippen molar-refractivity contribution in [2.45, 2.75) is 13.5 Å². The molecule has 1 heterocycles. The normalized spacial score (nSPS) is 10.3. The Morgan fingerprint density at radius 3 is 2.95 bits per heavy atom. The minimum atomic E-state index is -0.192. The number of aromatic nitrogens is 1. The highest BCUT2D eigenvalue weighted by molar-refractivity contribution is 9.10. The summed E-state index contributed by atoms with van der Waals surface area (Å²) in [5.41, 5.74) is 2.54. The molecule has 0 saturated heterocycles. The molecule has 1 aromatic heterocycles. The van der Waals surface area contributed by atoms with Gasteiger partial charge in [-0.1, -0.05) is 17.7 Å². The molecule has 1 amide bonds. The van der Waals surface area contributed by atoms with Crippen molar-refractivity contribution in [1.29, 1.82) is 0 Å². The molecule has 0 saturated carbocycles.